The number of amides is 3. The maximum atomic E-state index is 11.2. The summed E-state index contributed by atoms with van der Waals surface area (Å²) in [5.41, 5.74) is 0. The van der Waals surface area contributed by atoms with Crippen LogP contribution in [0.25, 0.3) is 0 Å². The van der Waals surface area contributed by atoms with E-state index in [9.17, 15) is 24.6 Å². The summed E-state index contributed by atoms with van der Waals surface area (Å²) in [6, 6.07) is 0. The van der Waals surface area contributed by atoms with Crippen molar-refractivity contribution in [3.05, 3.63) is 0 Å². The number of rotatable bonds is 4. The fourth-order valence-electron chi connectivity index (χ4n) is 1.66. The Morgan fingerprint density at radius 3 is 2.17 bits per heavy atom. The number of carbonyl (C=O) groups is 3. The highest BCUT2D eigenvalue weighted by atomic mass is 16.9. The molecule has 100 valence electrons. The lowest BCUT2D eigenvalue weighted by atomic mass is 10.4. The van der Waals surface area contributed by atoms with Gasteiger partial charge < -0.3 is 10.2 Å². The van der Waals surface area contributed by atoms with E-state index >= 15 is 0 Å². The highest BCUT2D eigenvalue weighted by Crippen LogP contribution is 2.19. The number of carbonyl (C=O) groups excluding carboxylic acids is 3. The third-order valence-corrected chi connectivity index (χ3v) is 2.54. The lowest BCUT2D eigenvalue weighted by molar-refractivity contribution is -0.402. The molecule has 2 unspecified atom stereocenters. The summed E-state index contributed by atoms with van der Waals surface area (Å²) < 4.78 is 0. The lowest BCUT2D eigenvalue weighted by Crippen LogP contribution is -2.41. The average molecular weight is 260 g/mol. The van der Waals surface area contributed by atoms with E-state index in [2.05, 4.69) is 9.68 Å². The van der Waals surface area contributed by atoms with Crippen molar-refractivity contribution in [2.75, 3.05) is 0 Å². The van der Waals surface area contributed by atoms with E-state index in [1.807, 2.05) is 0 Å². The van der Waals surface area contributed by atoms with Crippen LogP contribution in [0, 0.1) is 0 Å². The average Bonchev–Trinajstić information content (AvgIpc) is 2.79. The molecule has 2 aliphatic heterocycles. The van der Waals surface area contributed by atoms with Crippen molar-refractivity contribution in [1.29, 1.82) is 0 Å². The number of hydrogen-bond acceptors (Lipinski definition) is 7. The van der Waals surface area contributed by atoms with Gasteiger partial charge in [-0.2, -0.15) is 5.06 Å². The highest BCUT2D eigenvalue weighted by molar-refractivity contribution is 6.00. The van der Waals surface area contributed by atoms with Gasteiger partial charge in [-0.1, -0.05) is 0 Å². The molecule has 2 heterocycles. The van der Waals surface area contributed by atoms with Crippen LogP contribution in [-0.4, -0.2) is 50.8 Å². The maximum Gasteiger partial charge on any atom is 0.314 e. The Labute approximate surface area is 101 Å². The molecule has 2 N–H and O–H groups in total. The van der Waals surface area contributed by atoms with Crippen molar-refractivity contribution in [3.8, 4) is 0 Å². The van der Waals surface area contributed by atoms with E-state index in [1.165, 1.54) is 0 Å². The molecule has 2 aliphatic rings. The first-order chi connectivity index (χ1) is 8.49. The fourth-order valence-corrected chi connectivity index (χ4v) is 1.66. The Kier molecular flexibility index (Phi) is 3.57. The van der Waals surface area contributed by atoms with Crippen LogP contribution in [0.4, 0.5) is 0 Å². The Morgan fingerprint density at radius 2 is 1.67 bits per heavy atom. The van der Waals surface area contributed by atoms with E-state index in [4.69, 9.17) is 0 Å². The molecule has 0 aromatic heterocycles. The second-order valence-electron chi connectivity index (χ2n) is 3.84. The van der Waals surface area contributed by atoms with Gasteiger partial charge in [0.05, 0.1) is 0 Å². The molecule has 0 aromatic carbocycles. The van der Waals surface area contributed by atoms with Crippen LogP contribution in [0.1, 0.15) is 25.7 Å². The zero-order valence-electron chi connectivity index (χ0n) is 9.31. The highest BCUT2D eigenvalue weighted by Gasteiger charge is 2.36. The van der Waals surface area contributed by atoms with E-state index < -0.39 is 30.4 Å². The standard InChI is InChI=1S/C9H12N2O7/c12-5-1-2-6(13)10(5)17-9(16)18-11-7(14)3-4-8(11)15/h5,9,12,16H,1-4H2. The Balaban J connectivity index is 1.88. The van der Waals surface area contributed by atoms with Crippen LogP contribution < -0.4 is 0 Å². The molecule has 3 amide bonds. The molecule has 2 fully saturated rings. The summed E-state index contributed by atoms with van der Waals surface area (Å²) in [7, 11) is 0. The zero-order valence-corrected chi connectivity index (χ0v) is 9.31. The van der Waals surface area contributed by atoms with Gasteiger partial charge in [0.2, 0.25) is 5.91 Å². The first-order valence-electron chi connectivity index (χ1n) is 5.36. The van der Waals surface area contributed by atoms with Gasteiger partial charge in [0.15, 0.2) is 6.23 Å². The van der Waals surface area contributed by atoms with Crippen molar-refractivity contribution < 1.29 is 34.3 Å². The van der Waals surface area contributed by atoms with Crippen LogP contribution in [-0.2, 0) is 24.1 Å². The maximum absolute atomic E-state index is 11.2. The zero-order chi connectivity index (χ0) is 13.3. The normalized spacial score (nSPS) is 26.3. The smallest absolute Gasteiger partial charge is 0.314 e. The minimum atomic E-state index is -2.02. The number of imide groups is 1. The molecule has 0 bridgehead atoms. The monoisotopic (exact) mass is 260 g/mol. The summed E-state index contributed by atoms with van der Waals surface area (Å²) in [5.74, 6) is -1.73. The van der Waals surface area contributed by atoms with Gasteiger partial charge in [-0.05, 0) is 0 Å². The van der Waals surface area contributed by atoms with Crippen LogP contribution in [0.2, 0.25) is 0 Å². The first kappa shape index (κ1) is 12.9. The molecular formula is C9H12N2O7. The van der Waals surface area contributed by atoms with Crippen molar-refractivity contribution in [1.82, 2.24) is 10.1 Å². The van der Waals surface area contributed by atoms with Crippen LogP contribution >= 0.6 is 0 Å². The van der Waals surface area contributed by atoms with E-state index in [0.717, 1.165) is 0 Å². The third kappa shape index (κ3) is 2.48. The van der Waals surface area contributed by atoms with E-state index in [-0.39, 0.29) is 25.7 Å². The number of nitrogens with zero attached hydrogens (tertiary/aromatic N) is 2. The molecule has 0 spiro atoms. The quantitative estimate of drug-likeness (QED) is 0.453. The van der Waals surface area contributed by atoms with Crippen LogP contribution in [0.15, 0.2) is 0 Å². The summed E-state index contributed by atoms with van der Waals surface area (Å²) in [4.78, 5) is 42.7. The van der Waals surface area contributed by atoms with Crippen LogP contribution in [0.3, 0.4) is 0 Å². The molecule has 2 saturated heterocycles. The van der Waals surface area contributed by atoms with Crippen molar-refractivity contribution in [2.45, 2.75) is 38.4 Å². The van der Waals surface area contributed by atoms with E-state index in [1.54, 1.807) is 0 Å². The molecule has 2 rings (SSSR count). The largest absolute Gasteiger partial charge is 0.371 e. The molecule has 18 heavy (non-hydrogen) atoms. The molecule has 9 nitrogen and oxygen atoms in total. The first-order valence-corrected chi connectivity index (χ1v) is 5.36. The van der Waals surface area contributed by atoms with Gasteiger partial charge in [-0.25, -0.2) is 9.68 Å². The van der Waals surface area contributed by atoms with Gasteiger partial charge in [0, 0.05) is 25.7 Å². The Bertz CT molecular complexity index is 369. The summed E-state index contributed by atoms with van der Waals surface area (Å²) >= 11 is 0. The molecule has 0 saturated carbocycles. The third-order valence-electron chi connectivity index (χ3n) is 2.54. The number of hydroxylamine groups is 4. The van der Waals surface area contributed by atoms with Crippen molar-refractivity contribution in [3.63, 3.8) is 0 Å². The molecule has 0 radical (unpaired) electrons. The number of aliphatic hydroxyl groups excluding tert-OH is 2. The summed E-state index contributed by atoms with van der Waals surface area (Å²) in [5, 5.41) is 19.6. The minimum Gasteiger partial charge on any atom is -0.371 e. The second-order valence-corrected chi connectivity index (χ2v) is 3.84. The van der Waals surface area contributed by atoms with Crippen molar-refractivity contribution in [2.24, 2.45) is 0 Å². The number of aliphatic hydroxyl groups is 2. The molecular weight excluding hydrogens is 248 g/mol. The van der Waals surface area contributed by atoms with Gasteiger partial charge >= 0.3 is 6.48 Å². The minimum absolute atomic E-state index is 0.00315. The lowest BCUT2D eigenvalue weighted by Gasteiger charge is -2.24. The Hall–Kier alpha value is -1.55. The molecule has 0 aliphatic carbocycles. The van der Waals surface area contributed by atoms with Crippen LogP contribution in [0.5, 0.6) is 0 Å². The van der Waals surface area contributed by atoms with Gasteiger partial charge in [0.25, 0.3) is 11.8 Å². The van der Waals surface area contributed by atoms with Gasteiger partial charge in [-0.3, -0.25) is 14.4 Å². The topological polar surface area (TPSA) is 117 Å². The molecule has 9 heteroatoms. The molecule has 0 aromatic rings. The summed E-state index contributed by atoms with van der Waals surface area (Å²) in [6.45, 7) is -2.02. The second kappa shape index (κ2) is 4.98. The Morgan fingerprint density at radius 1 is 1.06 bits per heavy atom. The predicted octanol–water partition coefficient (Wildman–Crippen LogP) is -1.78. The SMILES string of the molecule is O=C1CCC(=O)N1OC(O)ON1C(=O)CCC1O. The van der Waals surface area contributed by atoms with E-state index in [0.29, 0.717) is 10.1 Å². The fraction of sp³-hybridized carbons (Fsp3) is 0.667. The van der Waals surface area contributed by atoms with Crippen molar-refractivity contribution >= 4 is 17.7 Å². The predicted molar refractivity (Wildman–Crippen MR) is 51.4 cm³/mol. The summed E-state index contributed by atoms with van der Waals surface area (Å²) in [6.07, 6.45) is -0.934. The van der Waals surface area contributed by atoms with Gasteiger partial charge in [0.1, 0.15) is 0 Å². The number of hydrogen-bond donors (Lipinski definition) is 2. The molecule has 2 atom stereocenters. The van der Waals surface area contributed by atoms with Gasteiger partial charge in [-0.15, -0.1) is 5.06 Å².